The van der Waals surface area contributed by atoms with Crippen LogP contribution in [0.15, 0.2) is 67.3 Å². The second kappa shape index (κ2) is 5.66. The molecule has 5 rings (SSSR count). The molecule has 5 aromatic rings. The molecule has 4 heterocycles. The van der Waals surface area contributed by atoms with Gasteiger partial charge in [-0.2, -0.15) is 10.2 Å². The maximum absolute atomic E-state index is 4.72. The molecule has 1 N–H and O–H groups in total. The highest BCUT2D eigenvalue weighted by Gasteiger charge is 2.16. The maximum Gasteiger partial charge on any atom is 0.177 e. The van der Waals surface area contributed by atoms with Gasteiger partial charge in [0.15, 0.2) is 5.65 Å². The first-order chi connectivity index (χ1) is 12.8. The summed E-state index contributed by atoms with van der Waals surface area (Å²) >= 11 is 0. The van der Waals surface area contributed by atoms with E-state index < -0.39 is 0 Å². The van der Waals surface area contributed by atoms with Crippen molar-refractivity contribution in [3.8, 4) is 28.3 Å². The largest absolute Gasteiger partial charge is 0.335 e. The van der Waals surface area contributed by atoms with E-state index in [4.69, 9.17) is 4.98 Å². The number of aromatic nitrogens is 7. The first-order valence-corrected chi connectivity index (χ1v) is 8.23. The smallest absolute Gasteiger partial charge is 0.177 e. The summed E-state index contributed by atoms with van der Waals surface area (Å²) in [5, 5.41) is 8.82. The molecule has 26 heavy (non-hydrogen) atoms. The molecule has 7 nitrogen and oxygen atoms in total. The molecule has 0 amide bonds. The van der Waals surface area contributed by atoms with Gasteiger partial charge in [-0.25, -0.2) is 14.3 Å². The van der Waals surface area contributed by atoms with Gasteiger partial charge in [-0.05, 0) is 42.5 Å². The molecular formula is C19H15N7. The number of hydrogen-bond donors (Lipinski definition) is 1. The molecular weight excluding hydrogens is 326 g/mol. The zero-order chi connectivity index (χ0) is 17.5. The van der Waals surface area contributed by atoms with Crippen LogP contribution in [0.4, 0.5) is 0 Å². The molecule has 0 saturated heterocycles. The van der Waals surface area contributed by atoms with Crippen LogP contribution in [0.2, 0.25) is 0 Å². The third-order valence-electron chi connectivity index (χ3n) is 4.32. The Morgan fingerprint density at radius 3 is 2.58 bits per heavy atom. The summed E-state index contributed by atoms with van der Waals surface area (Å²) in [6, 6.07) is 13.9. The third kappa shape index (κ3) is 2.29. The van der Waals surface area contributed by atoms with Gasteiger partial charge in [0.1, 0.15) is 17.0 Å². The lowest BCUT2D eigenvalue weighted by molar-refractivity contribution is 0.790. The predicted octanol–water partition coefficient (Wildman–Crippen LogP) is 3.21. The van der Waals surface area contributed by atoms with Crippen LogP contribution in [0.5, 0.6) is 0 Å². The number of pyridine rings is 1. The van der Waals surface area contributed by atoms with Crippen LogP contribution in [0.3, 0.4) is 0 Å². The van der Waals surface area contributed by atoms with E-state index in [9.17, 15) is 0 Å². The van der Waals surface area contributed by atoms with Gasteiger partial charge in [-0.15, -0.1) is 0 Å². The Bertz CT molecular complexity index is 1170. The fourth-order valence-electron chi connectivity index (χ4n) is 3.05. The molecule has 126 valence electrons. The number of nitrogens with one attached hydrogen (secondary N) is 1. The Morgan fingerprint density at radius 2 is 1.85 bits per heavy atom. The molecule has 0 aliphatic carbocycles. The topological polar surface area (TPSA) is 77.2 Å². The molecule has 0 aliphatic heterocycles. The Balaban J connectivity index is 1.58. The molecule has 0 aliphatic rings. The summed E-state index contributed by atoms with van der Waals surface area (Å²) < 4.78 is 3.61. The lowest BCUT2D eigenvalue weighted by Gasteiger charge is -2.02. The van der Waals surface area contributed by atoms with Crippen molar-refractivity contribution in [1.29, 1.82) is 0 Å². The highest BCUT2D eigenvalue weighted by Crippen LogP contribution is 2.28. The van der Waals surface area contributed by atoms with E-state index in [1.54, 1.807) is 23.3 Å². The van der Waals surface area contributed by atoms with Crippen molar-refractivity contribution in [2.75, 3.05) is 0 Å². The van der Waals surface area contributed by atoms with E-state index in [1.165, 1.54) is 0 Å². The highest BCUT2D eigenvalue weighted by molar-refractivity contribution is 5.90. The van der Waals surface area contributed by atoms with E-state index in [1.807, 2.05) is 60.4 Å². The lowest BCUT2D eigenvalue weighted by atomic mass is 10.2. The summed E-state index contributed by atoms with van der Waals surface area (Å²) in [6.07, 6.45) is 7.24. The summed E-state index contributed by atoms with van der Waals surface area (Å²) in [6.45, 7) is 0. The van der Waals surface area contributed by atoms with Crippen LogP contribution in [0.25, 0.3) is 39.5 Å². The second-order valence-electron chi connectivity index (χ2n) is 6.00. The zero-order valence-electron chi connectivity index (χ0n) is 14.0. The molecule has 0 radical (unpaired) electrons. The molecule has 0 saturated carbocycles. The average molecular weight is 341 g/mol. The standard InChI is InChI=1S/C19H15N7/c1-25-19-17(16(24-25)14-4-2-9-20-12-14)22-18(23-19)13-5-7-15(8-6-13)26-11-3-10-21-26/h2-12H,1H3,(H,22,23). The summed E-state index contributed by atoms with van der Waals surface area (Å²) in [7, 11) is 1.90. The third-order valence-corrected chi connectivity index (χ3v) is 4.32. The van der Waals surface area contributed by atoms with Crippen LogP contribution in [-0.2, 0) is 7.05 Å². The van der Waals surface area contributed by atoms with Gasteiger partial charge in [-0.3, -0.25) is 4.98 Å². The fraction of sp³-hybridized carbons (Fsp3) is 0.0526. The predicted molar refractivity (Wildman–Crippen MR) is 98.6 cm³/mol. The molecule has 0 spiro atoms. The number of hydrogen-bond acceptors (Lipinski definition) is 4. The number of aromatic amines is 1. The van der Waals surface area contributed by atoms with E-state index in [0.29, 0.717) is 0 Å². The van der Waals surface area contributed by atoms with Crippen molar-refractivity contribution in [2.24, 2.45) is 7.05 Å². The quantitative estimate of drug-likeness (QED) is 0.547. The van der Waals surface area contributed by atoms with Crippen molar-refractivity contribution in [3.05, 3.63) is 67.3 Å². The second-order valence-corrected chi connectivity index (χ2v) is 6.00. The first kappa shape index (κ1) is 14.6. The molecule has 0 atom stereocenters. The molecule has 0 unspecified atom stereocenters. The van der Waals surface area contributed by atoms with Crippen LogP contribution in [0, 0.1) is 0 Å². The van der Waals surface area contributed by atoms with Crippen molar-refractivity contribution in [1.82, 2.24) is 34.5 Å². The minimum absolute atomic E-state index is 0.810. The number of aryl methyl sites for hydroxylation is 1. The molecule has 0 fully saturated rings. The number of fused-ring (bicyclic) bond motifs is 1. The van der Waals surface area contributed by atoms with Crippen LogP contribution in [-0.4, -0.2) is 34.5 Å². The zero-order valence-corrected chi connectivity index (χ0v) is 14.0. The first-order valence-electron chi connectivity index (χ1n) is 8.23. The van der Waals surface area contributed by atoms with Crippen molar-refractivity contribution in [3.63, 3.8) is 0 Å². The minimum Gasteiger partial charge on any atom is -0.335 e. The van der Waals surface area contributed by atoms with Crippen LogP contribution in [0.1, 0.15) is 0 Å². The van der Waals surface area contributed by atoms with Gasteiger partial charge in [0.25, 0.3) is 0 Å². The van der Waals surface area contributed by atoms with Crippen molar-refractivity contribution in [2.45, 2.75) is 0 Å². The Morgan fingerprint density at radius 1 is 0.962 bits per heavy atom. The SMILES string of the molecule is Cn1nc(-c2cccnc2)c2[nH]c(-c3ccc(-n4cccn4)cc3)nc21. The number of nitrogens with zero attached hydrogens (tertiary/aromatic N) is 6. The summed E-state index contributed by atoms with van der Waals surface area (Å²) in [4.78, 5) is 12.3. The van der Waals surface area contributed by atoms with Gasteiger partial charge in [0.05, 0.1) is 5.69 Å². The minimum atomic E-state index is 0.810. The summed E-state index contributed by atoms with van der Waals surface area (Å²) in [5.74, 6) is 0.810. The van der Waals surface area contributed by atoms with Gasteiger partial charge in [0.2, 0.25) is 0 Å². The Kier molecular flexibility index (Phi) is 3.18. The fourth-order valence-corrected chi connectivity index (χ4v) is 3.05. The van der Waals surface area contributed by atoms with Crippen LogP contribution >= 0.6 is 0 Å². The van der Waals surface area contributed by atoms with E-state index in [0.717, 1.165) is 39.5 Å². The van der Waals surface area contributed by atoms with E-state index in [-0.39, 0.29) is 0 Å². The summed E-state index contributed by atoms with van der Waals surface area (Å²) in [5.41, 5.74) is 5.55. The molecule has 4 aromatic heterocycles. The van der Waals surface area contributed by atoms with Crippen molar-refractivity contribution < 1.29 is 0 Å². The maximum atomic E-state index is 4.72. The number of rotatable bonds is 3. The molecule has 7 heteroatoms. The Labute approximate surface area is 149 Å². The van der Waals surface area contributed by atoms with Gasteiger partial charge in [-0.1, -0.05) is 0 Å². The van der Waals surface area contributed by atoms with Gasteiger partial charge < -0.3 is 4.98 Å². The number of imidazole rings is 1. The van der Waals surface area contributed by atoms with Crippen LogP contribution < -0.4 is 0 Å². The van der Waals surface area contributed by atoms with Crippen molar-refractivity contribution >= 4 is 11.2 Å². The number of benzene rings is 1. The van der Waals surface area contributed by atoms with E-state index in [2.05, 4.69) is 20.2 Å². The molecule has 1 aromatic carbocycles. The normalized spacial score (nSPS) is 11.3. The lowest BCUT2D eigenvalue weighted by Crippen LogP contribution is -1.94. The van der Waals surface area contributed by atoms with E-state index >= 15 is 0 Å². The monoisotopic (exact) mass is 341 g/mol. The number of H-pyrrole nitrogens is 1. The highest BCUT2D eigenvalue weighted by atomic mass is 15.3. The Hall–Kier alpha value is -3.74. The molecule has 0 bridgehead atoms. The average Bonchev–Trinajstić information content (AvgIpc) is 3.41. The van der Waals surface area contributed by atoms with Gasteiger partial charge >= 0.3 is 0 Å². The van der Waals surface area contributed by atoms with Gasteiger partial charge in [0, 0.05) is 43.0 Å².